The molecule has 0 aromatic heterocycles. The molecule has 1 fully saturated rings. The minimum atomic E-state index is -0.236. The largest absolute Gasteiger partial charge is 0.469 e. The van der Waals surface area contributed by atoms with Crippen molar-refractivity contribution in [1.29, 1.82) is 0 Å². The highest BCUT2D eigenvalue weighted by molar-refractivity contribution is 6.31. The fourth-order valence-electron chi connectivity index (χ4n) is 2.48. The Morgan fingerprint density at radius 3 is 2.85 bits per heavy atom. The van der Waals surface area contributed by atoms with Crippen LogP contribution < -0.4 is 0 Å². The standard InChI is InChI=1S/C15H18ClNO3/c1-20-15(19)12-6-4-8-17(10-12)14(18)9-11-5-2-3-7-13(11)16/h2-3,5,7,12H,4,6,8-10H2,1H3/t12-/m0/s1. The van der Waals surface area contributed by atoms with Crippen molar-refractivity contribution >= 4 is 23.5 Å². The van der Waals surface area contributed by atoms with E-state index in [-0.39, 0.29) is 24.2 Å². The maximum absolute atomic E-state index is 12.3. The molecule has 4 nitrogen and oxygen atoms in total. The first kappa shape index (κ1) is 14.9. The summed E-state index contributed by atoms with van der Waals surface area (Å²) in [5.41, 5.74) is 0.819. The number of hydrogen-bond donors (Lipinski definition) is 0. The molecule has 1 heterocycles. The highest BCUT2D eigenvalue weighted by Gasteiger charge is 2.29. The second-order valence-corrected chi connectivity index (χ2v) is 5.38. The van der Waals surface area contributed by atoms with Gasteiger partial charge in [-0.15, -0.1) is 0 Å². The van der Waals surface area contributed by atoms with E-state index in [9.17, 15) is 9.59 Å². The van der Waals surface area contributed by atoms with E-state index in [1.165, 1.54) is 7.11 Å². The van der Waals surface area contributed by atoms with Gasteiger partial charge in [-0.2, -0.15) is 0 Å². The number of carbonyl (C=O) groups excluding carboxylic acids is 2. The summed E-state index contributed by atoms with van der Waals surface area (Å²) in [4.78, 5) is 25.6. The molecule has 0 bridgehead atoms. The molecular weight excluding hydrogens is 278 g/mol. The van der Waals surface area contributed by atoms with E-state index in [2.05, 4.69) is 0 Å². The Hall–Kier alpha value is -1.55. The number of methoxy groups -OCH3 is 1. The molecular formula is C15H18ClNO3. The molecule has 108 valence electrons. The fourth-order valence-corrected chi connectivity index (χ4v) is 2.68. The quantitative estimate of drug-likeness (QED) is 0.804. The average molecular weight is 296 g/mol. The molecule has 2 rings (SSSR count). The number of carbonyl (C=O) groups is 2. The van der Waals surface area contributed by atoms with Crippen molar-refractivity contribution in [3.8, 4) is 0 Å². The predicted molar refractivity (Wildman–Crippen MR) is 76.5 cm³/mol. The lowest BCUT2D eigenvalue weighted by molar-refractivity contribution is -0.148. The van der Waals surface area contributed by atoms with Gasteiger partial charge in [-0.25, -0.2) is 0 Å². The zero-order valence-electron chi connectivity index (χ0n) is 11.5. The number of ether oxygens (including phenoxy) is 1. The highest BCUT2D eigenvalue weighted by atomic mass is 35.5. The van der Waals surface area contributed by atoms with Gasteiger partial charge in [0.15, 0.2) is 0 Å². The zero-order valence-corrected chi connectivity index (χ0v) is 12.2. The van der Waals surface area contributed by atoms with Crippen LogP contribution in [0.1, 0.15) is 18.4 Å². The summed E-state index contributed by atoms with van der Waals surface area (Å²) in [7, 11) is 1.38. The van der Waals surface area contributed by atoms with Crippen LogP contribution >= 0.6 is 11.6 Å². The molecule has 0 saturated carbocycles. The van der Waals surface area contributed by atoms with Crippen molar-refractivity contribution in [2.45, 2.75) is 19.3 Å². The monoisotopic (exact) mass is 295 g/mol. The van der Waals surface area contributed by atoms with E-state index in [1.807, 2.05) is 18.2 Å². The highest BCUT2D eigenvalue weighted by Crippen LogP contribution is 2.20. The lowest BCUT2D eigenvalue weighted by Crippen LogP contribution is -2.43. The van der Waals surface area contributed by atoms with Crippen LogP contribution in [0.25, 0.3) is 0 Å². The van der Waals surface area contributed by atoms with E-state index in [1.54, 1.807) is 11.0 Å². The van der Waals surface area contributed by atoms with E-state index < -0.39 is 0 Å². The molecule has 0 radical (unpaired) electrons. The summed E-state index contributed by atoms with van der Waals surface area (Å²) in [6.07, 6.45) is 1.88. The van der Waals surface area contributed by atoms with Gasteiger partial charge in [-0.05, 0) is 24.5 Å². The number of piperidine rings is 1. The maximum Gasteiger partial charge on any atom is 0.310 e. The number of benzene rings is 1. The Labute approximate surface area is 123 Å². The number of rotatable bonds is 3. The van der Waals surface area contributed by atoms with E-state index >= 15 is 0 Å². The summed E-state index contributed by atoms with van der Waals surface area (Å²) in [5.74, 6) is -0.434. The molecule has 1 saturated heterocycles. The second-order valence-electron chi connectivity index (χ2n) is 4.97. The van der Waals surface area contributed by atoms with Crippen molar-refractivity contribution in [1.82, 2.24) is 4.90 Å². The molecule has 5 heteroatoms. The first-order valence-electron chi connectivity index (χ1n) is 6.71. The molecule has 0 aliphatic carbocycles. The lowest BCUT2D eigenvalue weighted by Gasteiger charge is -2.31. The van der Waals surface area contributed by atoms with E-state index in [0.29, 0.717) is 18.1 Å². The van der Waals surface area contributed by atoms with Gasteiger partial charge >= 0.3 is 5.97 Å². The van der Waals surface area contributed by atoms with Crippen molar-refractivity contribution in [3.05, 3.63) is 34.9 Å². The molecule has 1 aliphatic heterocycles. The van der Waals surface area contributed by atoms with Crippen molar-refractivity contribution < 1.29 is 14.3 Å². The number of amides is 1. The topological polar surface area (TPSA) is 46.6 Å². The van der Waals surface area contributed by atoms with Crippen LogP contribution in [0.3, 0.4) is 0 Å². The van der Waals surface area contributed by atoms with E-state index in [0.717, 1.165) is 18.4 Å². The van der Waals surface area contributed by atoms with Gasteiger partial charge in [0.05, 0.1) is 19.4 Å². The Kier molecular flexibility index (Phi) is 5.01. The van der Waals surface area contributed by atoms with Crippen molar-refractivity contribution in [2.75, 3.05) is 20.2 Å². The van der Waals surface area contributed by atoms with Gasteiger partial charge in [-0.3, -0.25) is 9.59 Å². The molecule has 20 heavy (non-hydrogen) atoms. The fraction of sp³-hybridized carbons (Fsp3) is 0.467. The molecule has 1 aromatic carbocycles. The Balaban J connectivity index is 1.99. The van der Waals surface area contributed by atoms with Gasteiger partial charge in [0, 0.05) is 18.1 Å². The number of hydrogen-bond acceptors (Lipinski definition) is 3. The van der Waals surface area contributed by atoms with Crippen LogP contribution in [0.2, 0.25) is 5.02 Å². The van der Waals surface area contributed by atoms with Crippen molar-refractivity contribution in [2.24, 2.45) is 5.92 Å². The van der Waals surface area contributed by atoms with Gasteiger partial charge in [0.1, 0.15) is 0 Å². The number of nitrogens with zero attached hydrogens (tertiary/aromatic N) is 1. The third kappa shape index (κ3) is 3.51. The Bertz CT molecular complexity index is 504. The normalized spacial score (nSPS) is 18.7. The van der Waals surface area contributed by atoms with Crippen LogP contribution in [0.15, 0.2) is 24.3 Å². The van der Waals surface area contributed by atoms with Gasteiger partial charge in [0.25, 0.3) is 0 Å². The minimum absolute atomic E-state index is 0.00621. The SMILES string of the molecule is COC(=O)[C@H]1CCCN(C(=O)Cc2ccccc2Cl)C1. The van der Waals surface area contributed by atoms with E-state index in [4.69, 9.17) is 16.3 Å². The van der Waals surface area contributed by atoms with Crippen LogP contribution in [0.4, 0.5) is 0 Å². The number of halogens is 1. The van der Waals surface area contributed by atoms with Gasteiger partial charge in [-0.1, -0.05) is 29.8 Å². The third-order valence-corrected chi connectivity index (χ3v) is 3.98. The predicted octanol–water partition coefficient (Wildman–Crippen LogP) is 2.29. The van der Waals surface area contributed by atoms with Gasteiger partial charge in [0.2, 0.25) is 5.91 Å². The van der Waals surface area contributed by atoms with Crippen LogP contribution in [-0.2, 0) is 20.7 Å². The maximum atomic E-state index is 12.3. The van der Waals surface area contributed by atoms with Crippen LogP contribution in [0, 0.1) is 5.92 Å². The first-order valence-corrected chi connectivity index (χ1v) is 7.08. The molecule has 1 atom stereocenters. The summed E-state index contributed by atoms with van der Waals surface area (Å²) in [6, 6.07) is 7.33. The van der Waals surface area contributed by atoms with Crippen LogP contribution in [-0.4, -0.2) is 37.0 Å². The summed E-state index contributed by atoms with van der Waals surface area (Å²) >= 11 is 6.06. The lowest BCUT2D eigenvalue weighted by atomic mass is 9.97. The second kappa shape index (κ2) is 6.75. The first-order chi connectivity index (χ1) is 9.61. The zero-order chi connectivity index (χ0) is 14.5. The van der Waals surface area contributed by atoms with Crippen molar-refractivity contribution in [3.63, 3.8) is 0 Å². The average Bonchev–Trinajstić information content (AvgIpc) is 2.49. The number of likely N-dealkylation sites (tertiary alicyclic amines) is 1. The number of esters is 1. The Morgan fingerprint density at radius 2 is 2.15 bits per heavy atom. The van der Waals surface area contributed by atoms with Gasteiger partial charge < -0.3 is 9.64 Å². The molecule has 0 spiro atoms. The Morgan fingerprint density at radius 1 is 1.40 bits per heavy atom. The smallest absolute Gasteiger partial charge is 0.310 e. The summed E-state index contributed by atoms with van der Waals surface area (Å²) in [6.45, 7) is 1.13. The molecule has 0 unspecified atom stereocenters. The third-order valence-electron chi connectivity index (χ3n) is 3.61. The minimum Gasteiger partial charge on any atom is -0.469 e. The van der Waals surface area contributed by atoms with Crippen LogP contribution in [0.5, 0.6) is 0 Å². The molecule has 1 amide bonds. The molecule has 1 aliphatic rings. The molecule has 0 N–H and O–H groups in total. The summed E-state index contributed by atoms with van der Waals surface area (Å²) in [5, 5.41) is 0.599. The summed E-state index contributed by atoms with van der Waals surface area (Å²) < 4.78 is 4.76. The molecule has 1 aromatic rings.